The van der Waals surface area contributed by atoms with Crippen molar-refractivity contribution in [2.75, 3.05) is 17.2 Å². The Kier molecular flexibility index (Phi) is 5.99. The minimum Gasteiger partial charge on any atom is -0.493 e. The number of carbonyl (C=O) groups is 1. The molecule has 138 valence electrons. The number of nitrogens with zero attached hydrogens (tertiary/aromatic N) is 2. The van der Waals surface area contributed by atoms with Gasteiger partial charge in [-0.15, -0.1) is 10.2 Å². The Bertz CT molecular complexity index is 896. The maximum atomic E-state index is 12.0. The van der Waals surface area contributed by atoms with Crippen LogP contribution in [-0.4, -0.2) is 22.7 Å². The molecule has 0 fully saturated rings. The van der Waals surface area contributed by atoms with Crippen molar-refractivity contribution in [2.24, 2.45) is 0 Å². The number of hydrogen-bond acceptors (Lipinski definition) is 5. The molecule has 0 radical (unpaired) electrons. The summed E-state index contributed by atoms with van der Waals surface area (Å²) in [5.41, 5.74) is 3.35. The molecular formula is C21H22N4O2. The molecular weight excluding hydrogens is 340 g/mol. The number of amides is 1. The first kappa shape index (κ1) is 18.4. The maximum absolute atomic E-state index is 12.0. The summed E-state index contributed by atoms with van der Waals surface area (Å²) in [5.74, 6) is 1.60. The number of nitrogens with one attached hydrogen (secondary N) is 2. The van der Waals surface area contributed by atoms with E-state index < -0.39 is 0 Å². The SMILES string of the molecule is Cc1cccc(Nc2ccc(NC(=O)CCOc3ccccc3)nn2)c1C. The summed E-state index contributed by atoms with van der Waals surface area (Å²) in [6.45, 7) is 4.42. The van der Waals surface area contributed by atoms with E-state index in [2.05, 4.69) is 40.7 Å². The quantitative estimate of drug-likeness (QED) is 0.657. The van der Waals surface area contributed by atoms with Crippen LogP contribution in [0, 0.1) is 13.8 Å². The van der Waals surface area contributed by atoms with Gasteiger partial charge in [0.2, 0.25) is 5.91 Å². The molecule has 3 aromatic rings. The van der Waals surface area contributed by atoms with E-state index in [0.29, 0.717) is 18.2 Å². The van der Waals surface area contributed by atoms with E-state index >= 15 is 0 Å². The van der Waals surface area contributed by atoms with Crippen LogP contribution in [0.1, 0.15) is 17.5 Å². The number of anilines is 3. The number of hydrogen-bond donors (Lipinski definition) is 2. The average molecular weight is 362 g/mol. The van der Waals surface area contributed by atoms with E-state index in [9.17, 15) is 4.79 Å². The van der Waals surface area contributed by atoms with Gasteiger partial charge < -0.3 is 15.4 Å². The van der Waals surface area contributed by atoms with Crippen LogP contribution >= 0.6 is 0 Å². The Hall–Kier alpha value is -3.41. The van der Waals surface area contributed by atoms with Crippen LogP contribution < -0.4 is 15.4 Å². The third-order valence-electron chi connectivity index (χ3n) is 4.14. The average Bonchev–Trinajstić information content (AvgIpc) is 2.68. The van der Waals surface area contributed by atoms with Crippen LogP contribution in [0.2, 0.25) is 0 Å². The second kappa shape index (κ2) is 8.80. The Labute approximate surface area is 158 Å². The molecule has 1 heterocycles. The van der Waals surface area contributed by atoms with Gasteiger partial charge in [0.15, 0.2) is 11.6 Å². The predicted molar refractivity (Wildman–Crippen MR) is 106 cm³/mol. The second-order valence-corrected chi connectivity index (χ2v) is 6.14. The van der Waals surface area contributed by atoms with Crippen LogP contribution in [-0.2, 0) is 4.79 Å². The number of aromatic nitrogens is 2. The highest BCUT2D eigenvalue weighted by atomic mass is 16.5. The van der Waals surface area contributed by atoms with Crippen LogP contribution in [0.4, 0.5) is 17.3 Å². The van der Waals surface area contributed by atoms with Gasteiger partial charge in [-0.1, -0.05) is 30.3 Å². The fourth-order valence-electron chi connectivity index (χ4n) is 2.47. The number of carbonyl (C=O) groups excluding carboxylic acids is 1. The van der Waals surface area contributed by atoms with Gasteiger partial charge >= 0.3 is 0 Å². The number of rotatable bonds is 7. The smallest absolute Gasteiger partial charge is 0.229 e. The largest absolute Gasteiger partial charge is 0.493 e. The summed E-state index contributed by atoms with van der Waals surface area (Å²) in [4.78, 5) is 12.0. The summed E-state index contributed by atoms with van der Waals surface area (Å²) in [6.07, 6.45) is 0.235. The molecule has 0 unspecified atom stereocenters. The van der Waals surface area contributed by atoms with Crippen molar-refractivity contribution >= 4 is 23.2 Å². The van der Waals surface area contributed by atoms with Crippen molar-refractivity contribution in [2.45, 2.75) is 20.3 Å². The first-order chi connectivity index (χ1) is 13.1. The highest BCUT2D eigenvalue weighted by Gasteiger charge is 2.06. The minimum atomic E-state index is -0.171. The third kappa shape index (κ3) is 5.28. The number of ether oxygens (including phenoxy) is 1. The molecule has 0 aliphatic carbocycles. The summed E-state index contributed by atoms with van der Waals surface area (Å²) in [5, 5.41) is 14.1. The zero-order valence-electron chi connectivity index (χ0n) is 15.4. The molecule has 0 aliphatic rings. The predicted octanol–water partition coefficient (Wildman–Crippen LogP) is 4.24. The molecule has 1 aromatic heterocycles. The van der Waals surface area contributed by atoms with Crippen molar-refractivity contribution in [1.82, 2.24) is 10.2 Å². The molecule has 6 heteroatoms. The van der Waals surface area contributed by atoms with E-state index in [1.165, 1.54) is 5.56 Å². The van der Waals surface area contributed by atoms with Crippen LogP contribution in [0.3, 0.4) is 0 Å². The lowest BCUT2D eigenvalue weighted by Gasteiger charge is -2.11. The molecule has 3 rings (SSSR count). The fourth-order valence-corrected chi connectivity index (χ4v) is 2.47. The lowest BCUT2D eigenvalue weighted by atomic mass is 10.1. The first-order valence-electron chi connectivity index (χ1n) is 8.76. The number of aryl methyl sites for hydroxylation is 1. The minimum absolute atomic E-state index is 0.171. The van der Waals surface area contributed by atoms with Gasteiger partial charge in [-0.25, -0.2) is 0 Å². The highest BCUT2D eigenvalue weighted by molar-refractivity contribution is 5.89. The summed E-state index contributed by atoms with van der Waals surface area (Å²) >= 11 is 0. The van der Waals surface area contributed by atoms with Crippen molar-refractivity contribution in [3.63, 3.8) is 0 Å². The first-order valence-corrected chi connectivity index (χ1v) is 8.76. The molecule has 0 aliphatic heterocycles. The molecule has 2 aromatic carbocycles. The van der Waals surface area contributed by atoms with Crippen LogP contribution in [0.5, 0.6) is 5.75 Å². The Morgan fingerprint density at radius 3 is 2.41 bits per heavy atom. The summed E-state index contributed by atoms with van der Waals surface area (Å²) in [7, 11) is 0. The maximum Gasteiger partial charge on any atom is 0.229 e. The van der Waals surface area contributed by atoms with Gasteiger partial charge in [0.05, 0.1) is 13.0 Å². The molecule has 0 spiro atoms. The lowest BCUT2D eigenvalue weighted by Crippen LogP contribution is -2.16. The van der Waals surface area contributed by atoms with Crippen LogP contribution in [0.15, 0.2) is 60.7 Å². The molecule has 6 nitrogen and oxygen atoms in total. The van der Waals surface area contributed by atoms with Gasteiger partial charge in [0.1, 0.15) is 5.75 Å². The lowest BCUT2D eigenvalue weighted by molar-refractivity contribution is -0.116. The zero-order chi connectivity index (χ0) is 19.1. The second-order valence-electron chi connectivity index (χ2n) is 6.14. The van der Waals surface area contributed by atoms with Gasteiger partial charge in [-0.05, 0) is 55.3 Å². The summed E-state index contributed by atoms with van der Waals surface area (Å²) in [6, 6.07) is 18.9. The zero-order valence-corrected chi connectivity index (χ0v) is 15.4. The van der Waals surface area contributed by atoms with Gasteiger partial charge in [0, 0.05) is 5.69 Å². The van der Waals surface area contributed by atoms with Crippen molar-refractivity contribution < 1.29 is 9.53 Å². The molecule has 1 amide bonds. The monoisotopic (exact) mass is 362 g/mol. The molecule has 0 saturated heterocycles. The van der Waals surface area contributed by atoms with Gasteiger partial charge in [0.25, 0.3) is 0 Å². The van der Waals surface area contributed by atoms with Crippen molar-refractivity contribution in [3.05, 3.63) is 71.8 Å². The molecule has 0 saturated carbocycles. The Balaban J connectivity index is 1.50. The number of para-hydroxylation sites is 1. The molecule has 0 bridgehead atoms. The topological polar surface area (TPSA) is 76.1 Å². The van der Waals surface area contributed by atoms with Crippen molar-refractivity contribution in [1.29, 1.82) is 0 Å². The van der Waals surface area contributed by atoms with Crippen LogP contribution in [0.25, 0.3) is 0 Å². The van der Waals surface area contributed by atoms with Crippen molar-refractivity contribution in [3.8, 4) is 5.75 Å². The van der Waals surface area contributed by atoms with E-state index in [0.717, 1.165) is 17.0 Å². The van der Waals surface area contributed by atoms with E-state index in [1.54, 1.807) is 12.1 Å². The molecule has 27 heavy (non-hydrogen) atoms. The highest BCUT2D eigenvalue weighted by Crippen LogP contribution is 2.21. The third-order valence-corrected chi connectivity index (χ3v) is 4.14. The standard InChI is InChI=1S/C21H22N4O2/c1-15-7-6-10-18(16(15)2)22-19-11-12-20(25-24-19)23-21(26)13-14-27-17-8-4-3-5-9-17/h3-12H,13-14H2,1-2H3,(H,22,24)(H,23,25,26). The molecule has 0 atom stereocenters. The molecule has 2 N–H and O–H groups in total. The van der Waals surface area contributed by atoms with Gasteiger partial charge in [-0.2, -0.15) is 0 Å². The number of benzene rings is 2. The van der Waals surface area contributed by atoms with E-state index in [1.807, 2.05) is 42.5 Å². The van der Waals surface area contributed by atoms with E-state index in [4.69, 9.17) is 4.74 Å². The summed E-state index contributed by atoms with van der Waals surface area (Å²) < 4.78 is 5.51. The van der Waals surface area contributed by atoms with E-state index in [-0.39, 0.29) is 12.3 Å². The Morgan fingerprint density at radius 1 is 0.926 bits per heavy atom. The Morgan fingerprint density at radius 2 is 1.67 bits per heavy atom. The normalized spacial score (nSPS) is 10.3. The van der Waals surface area contributed by atoms with Gasteiger partial charge in [-0.3, -0.25) is 4.79 Å². The fraction of sp³-hybridized carbons (Fsp3) is 0.190.